The van der Waals surface area contributed by atoms with Crippen LogP contribution in [0.15, 0.2) is 42.5 Å². The largest absolute Gasteiger partial charge is 0.493 e. The summed E-state index contributed by atoms with van der Waals surface area (Å²) in [6.07, 6.45) is -4.50. The summed E-state index contributed by atoms with van der Waals surface area (Å²) in [6.45, 7) is -0.318. The molecule has 2 N–H and O–H groups in total. The number of nitrogens with one attached hydrogen (secondary N) is 2. The number of carbonyl (C=O) groups excluding carboxylic acids is 1. The van der Waals surface area contributed by atoms with E-state index in [1.165, 1.54) is 32.4 Å². The van der Waals surface area contributed by atoms with Gasteiger partial charge in [-0.05, 0) is 24.3 Å². The van der Waals surface area contributed by atoms with Crippen LogP contribution in [0.1, 0.15) is 5.56 Å². The predicted molar refractivity (Wildman–Crippen MR) is 88.1 cm³/mol. The molecule has 1 amide bonds. The summed E-state index contributed by atoms with van der Waals surface area (Å²) in [5, 5.41) is 5.08. The molecule has 0 aliphatic heterocycles. The lowest BCUT2D eigenvalue weighted by Gasteiger charge is -2.14. The minimum atomic E-state index is -4.50. The molecule has 0 radical (unpaired) electrons. The third-order valence-electron chi connectivity index (χ3n) is 3.34. The summed E-state index contributed by atoms with van der Waals surface area (Å²) in [5.74, 6) is 0.428. The van der Waals surface area contributed by atoms with E-state index < -0.39 is 17.6 Å². The number of hydrogen-bond donors (Lipinski definition) is 2. The molecule has 8 heteroatoms. The first-order valence-electron chi connectivity index (χ1n) is 7.27. The molecule has 0 saturated heterocycles. The van der Waals surface area contributed by atoms with Gasteiger partial charge in [-0.25, -0.2) is 0 Å². The Kier molecular flexibility index (Phi) is 5.74. The van der Waals surface area contributed by atoms with E-state index in [1.54, 1.807) is 18.2 Å². The zero-order valence-electron chi connectivity index (χ0n) is 13.6. The summed E-state index contributed by atoms with van der Waals surface area (Å²) in [4.78, 5) is 12.0. The van der Waals surface area contributed by atoms with Crippen molar-refractivity contribution in [1.29, 1.82) is 0 Å². The average molecular weight is 354 g/mol. The topological polar surface area (TPSA) is 59.6 Å². The number of methoxy groups -OCH3 is 2. The van der Waals surface area contributed by atoms with Crippen LogP contribution in [-0.4, -0.2) is 26.7 Å². The Balaban J connectivity index is 2.03. The van der Waals surface area contributed by atoms with Crippen LogP contribution < -0.4 is 20.1 Å². The Bertz CT molecular complexity index is 748. The van der Waals surface area contributed by atoms with Crippen molar-refractivity contribution in [2.24, 2.45) is 0 Å². The van der Waals surface area contributed by atoms with Gasteiger partial charge in [-0.15, -0.1) is 0 Å². The monoisotopic (exact) mass is 354 g/mol. The van der Waals surface area contributed by atoms with Crippen molar-refractivity contribution in [3.63, 3.8) is 0 Å². The number of para-hydroxylation sites is 1. The van der Waals surface area contributed by atoms with E-state index >= 15 is 0 Å². The maximum absolute atomic E-state index is 12.9. The van der Waals surface area contributed by atoms with Crippen molar-refractivity contribution >= 4 is 17.3 Å². The summed E-state index contributed by atoms with van der Waals surface area (Å²) in [7, 11) is 2.94. The number of anilines is 2. The van der Waals surface area contributed by atoms with Gasteiger partial charge in [-0.1, -0.05) is 12.1 Å². The fourth-order valence-electron chi connectivity index (χ4n) is 2.18. The van der Waals surface area contributed by atoms with Crippen molar-refractivity contribution in [3.05, 3.63) is 48.0 Å². The first kappa shape index (κ1) is 18.4. The first-order chi connectivity index (χ1) is 11.8. The fraction of sp³-hybridized carbons (Fsp3) is 0.235. The van der Waals surface area contributed by atoms with Crippen LogP contribution in [-0.2, 0) is 11.0 Å². The molecule has 134 valence electrons. The highest BCUT2D eigenvalue weighted by atomic mass is 19.4. The molecule has 2 rings (SSSR count). The van der Waals surface area contributed by atoms with Crippen molar-refractivity contribution in [2.75, 3.05) is 31.4 Å². The molecule has 0 unspecified atom stereocenters. The van der Waals surface area contributed by atoms with Crippen LogP contribution in [0.5, 0.6) is 11.5 Å². The number of amides is 1. The Morgan fingerprint density at radius 2 is 1.72 bits per heavy atom. The molecular formula is C17H17F3N2O3. The lowest BCUT2D eigenvalue weighted by atomic mass is 10.1. The first-order valence-corrected chi connectivity index (χ1v) is 7.27. The van der Waals surface area contributed by atoms with Crippen molar-refractivity contribution < 1.29 is 27.4 Å². The highest BCUT2D eigenvalue weighted by Gasteiger charge is 2.33. The second kappa shape index (κ2) is 7.78. The maximum Gasteiger partial charge on any atom is 0.418 e. The quantitative estimate of drug-likeness (QED) is 0.829. The third-order valence-corrected chi connectivity index (χ3v) is 3.34. The van der Waals surface area contributed by atoms with E-state index in [2.05, 4.69) is 10.6 Å². The van der Waals surface area contributed by atoms with Gasteiger partial charge in [0.25, 0.3) is 0 Å². The highest BCUT2D eigenvalue weighted by Crippen LogP contribution is 2.34. The Morgan fingerprint density at radius 1 is 1.04 bits per heavy atom. The van der Waals surface area contributed by atoms with E-state index in [1.807, 2.05) is 0 Å². The number of carbonyl (C=O) groups is 1. The van der Waals surface area contributed by atoms with Crippen molar-refractivity contribution in [3.8, 4) is 11.5 Å². The van der Waals surface area contributed by atoms with Gasteiger partial charge >= 0.3 is 6.18 Å². The molecule has 0 heterocycles. The summed E-state index contributed by atoms with van der Waals surface area (Å²) >= 11 is 0. The second-order valence-corrected chi connectivity index (χ2v) is 5.01. The normalized spacial score (nSPS) is 10.9. The minimum Gasteiger partial charge on any atom is -0.493 e. The van der Waals surface area contributed by atoms with E-state index in [0.717, 1.165) is 6.07 Å². The number of alkyl halides is 3. The Labute approximate surface area is 142 Å². The van der Waals surface area contributed by atoms with Crippen molar-refractivity contribution in [2.45, 2.75) is 6.18 Å². The number of ether oxygens (including phenoxy) is 2. The third kappa shape index (κ3) is 4.79. The van der Waals surface area contributed by atoms with Crippen LogP contribution >= 0.6 is 0 Å². The number of benzene rings is 2. The van der Waals surface area contributed by atoms with E-state index in [-0.39, 0.29) is 12.2 Å². The molecule has 0 bridgehead atoms. The van der Waals surface area contributed by atoms with Crippen LogP contribution in [0.25, 0.3) is 0 Å². The zero-order valence-corrected chi connectivity index (χ0v) is 13.6. The molecular weight excluding hydrogens is 337 g/mol. The van der Waals surface area contributed by atoms with Gasteiger partial charge in [0, 0.05) is 17.4 Å². The SMILES string of the molecule is COc1ccc(NC(=O)CNc2ccccc2C(F)(F)F)cc1OC. The molecule has 0 atom stereocenters. The van der Waals surface area contributed by atoms with E-state index in [0.29, 0.717) is 17.2 Å². The van der Waals surface area contributed by atoms with Crippen LogP contribution in [0.3, 0.4) is 0 Å². The number of halogens is 3. The predicted octanol–water partition coefficient (Wildman–Crippen LogP) is 3.77. The summed E-state index contributed by atoms with van der Waals surface area (Å²) < 4.78 is 48.9. The number of rotatable bonds is 6. The Hall–Kier alpha value is -2.90. The second-order valence-electron chi connectivity index (χ2n) is 5.01. The molecule has 2 aromatic carbocycles. The molecule has 2 aromatic rings. The van der Waals surface area contributed by atoms with Gasteiger partial charge in [-0.2, -0.15) is 13.2 Å². The van der Waals surface area contributed by atoms with Crippen molar-refractivity contribution in [1.82, 2.24) is 0 Å². The molecule has 0 aliphatic rings. The van der Waals surface area contributed by atoms with E-state index in [9.17, 15) is 18.0 Å². The van der Waals surface area contributed by atoms with E-state index in [4.69, 9.17) is 9.47 Å². The average Bonchev–Trinajstić information content (AvgIpc) is 2.59. The summed E-state index contributed by atoms with van der Waals surface area (Å²) in [6, 6.07) is 9.74. The zero-order chi connectivity index (χ0) is 18.4. The molecule has 0 aromatic heterocycles. The van der Waals surface area contributed by atoms with Crippen LogP contribution in [0, 0.1) is 0 Å². The molecule has 0 saturated carbocycles. The molecule has 0 aliphatic carbocycles. The lowest BCUT2D eigenvalue weighted by Crippen LogP contribution is -2.23. The molecule has 0 spiro atoms. The van der Waals surface area contributed by atoms with Crippen LogP contribution in [0.2, 0.25) is 0 Å². The van der Waals surface area contributed by atoms with Gasteiger partial charge in [0.2, 0.25) is 5.91 Å². The van der Waals surface area contributed by atoms with Gasteiger partial charge in [0.15, 0.2) is 11.5 Å². The fourth-order valence-corrected chi connectivity index (χ4v) is 2.18. The molecule has 0 fully saturated rings. The highest BCUT2D eigenvalue weighted by molar-refractivity contribution is 5.94. The van der Waals surface area contributed by atoms with Gasteiger partial charge in [0.05, 0.1) is 26.3 Å². The Morgan fingerprint density at radius 3 is 2.36 bits per heavy atom. The minimum absolute atomic E-state index is 0.155. The molecule has 5 nitrogen and oxygen atoms in total. The van der Waals surface area contributed by atoms with Gasteiger partial charge in [0.1, 0.15) is 0 Å². The lowest BCUT2D eigenvalue weighted by molar-refractivity contribution is -0.137. The van der Waals surface area contributed by atoms with Gasteiger partial charge < -0.3 is 20.1 Å². The maximum atomic E-state index is 12.9. The number of hydrogen-bond acceptors (Lipinski definition) is 4. The van der Waals surface area contributed by atoms with Crippen LogP contribution in [0.4, 0.5) is 24.5 Å². The molecule has 25 heavy (non-hydrogen) atoms. The smallest absolute Gasteiger partial charge is 0.418 e. The summed E-state index contributed by atoms with van der Waals surface area (Å²) in [5.41, 5.74) is -0.542. The van der Waals surface area contributed by atoms with Gasteiger partial charge in [-0.3, -0.25) is 4.79 Å². The standard InChI is InChI=1S/C17H17F3N2O3/c1-24-14-8-7-11(9-15(14)25-2)22-16(23)10-21-13-6-4-3-5-12(13)17(18,19)20/h3-9,21H,10H2,1-2H3,(H,22,23).